The number of ether oxygens (including phenoxy) is 2. The van der Waals surface area contributed by atoms with E-state index in [0.29, 0.717) is 25.5 Å². The third-order valence-electron chi connectivity index (χ3n) is 5.35. The summed E-state index contributed by atoms with van der Waals surface area (Å²) in [6.45, 7) is 6.11. The van der Waals surface area contributed by atoms with Crippen molar-refractivity contribution in [3.8, 4) is 5.75 Å². The zero-order valence-electron chi connectivity index (χ0n) is 17.2. The smallest absolute Gasteiger partial charge is 0.289 e. The molecular formula is C24H25N3O3. The highest BCUT2D eigenvalue weighted by Crippen LogP contribution is 2.39. The molecule has 0 saturated carbocycles. The van der Waals surface area contributed by atoms with Gasteiger partial charge in [-0.05, 0) is 43.2 Å². The zero-order chi connectivity index (χ0) is 21.0. The Bertz CT molecular complexity index is 1010. The molecule has 1 aromatic heterocycles. The molecule has 0 radical (unpaired) electrons. The number of nitrogens with zero attached hydrogens (tertiary/aromatic N) is 2. The van der Waals surface area contributed by atoms with Gasteiger partial charge >= 0.3 is 0 Å². The fraction of sp³-hybridized carbons (Fsp3) is 0.292. The first-order chi connectivity index (χ1) is 14.6. The summed E-state index contributed by atoms with van der Waals surface area (Å²) in [7, 11) is 0. The third-order valence-corrected chi connectivity index (χ3v) is 5.35. The molecule has 0 aliphatic carbocycles. The maximum atomic E-state index is 11.9. The van der Waals surface area contributed by atoms with Gasteiger partial charge in [-0.15, -0.1) is 0 Å². The van der Waals surface area contributed by atoms with Crippen molar-refractivity contribution in [1.82, 2.24) is 15.3 Å². The zero-order valence-corrected chi connectivity index (χ0v) is 17.2. The molecule has 2 heterocycles. The van der Waals surface area contributed by atoms with Crippen molar-refractivity contribution >= 4 is 5.91 Å². The van der Waals surface area contributed by atoms with Gasteiger partial charge in [0.2, 0.25) is 5.82 Å². The average molecular weight is 403 g/mol. The number of rotatable bonds is 7. The van der Waals surface area contributed by atoms with Crippen LogP contribution in [0.5, 0.6) is 5.75 Å². The molecule has 6 heteroatoms. The predicted molar refractivity (Wildman–Crippen MR) is 114 cm³/mol. The van der Waals surface area contributed by atoms with E-state index in [4.69, 9.17) is 9.47 Å². The van der Waals surface area contributed by atoms with Crippen LogP contribution < -0.4 is 10.1 Å². The Morgan fingerprint density at radius 2 is 1.73 bits per heavy atom. The summed E-state index contributed by atoms with van der Waals surface area (Å²) >= 11 is 0. The van der Waals surface area contributed by atoms with Gasteiger partial charge in [-0.25, -0.2) is 9.97 Å². The highest BCUT2D eigenvalue weighted by Gasteiger charge is 2.41. The van der Waals surface area contributed by atoms with Crippen LogP contribution in [-0.2, 0) is 16.8 Å². The normalized spacial score (nSPS) is 14.6. The van der Waals surface area contributed by atoms with E-state index in [2.05, 4.69) is 58.6 Å². The van der Waals surface area contributed by atoms with Crippen LogP contribution in [0.2, 0.25) is 0 Å². The second-order valence-corrected chi connectivity index (χ2v) is 7.49. The molecule has 1 fully saturated rings. The fourth-order valence-electron chi connectivity index (χ4n) is 3.53. The molecule has 0 spiro atoms. The molecule has 0 atom stereocenters. The Kier molecular flexibility index (Phi) is 5.77. The summed E-state index contributed by atoms with van der Waals surface area (Å²) in [5, 5.41) is 2.70. The summed E-state index contributed by atoms with van der Waals surface area (Å²) < 4.78 is 11.5. The number of carbonyl (C=O) groups is 1. The molecule has 3 aromatic rings. The molecule has 30 heavy (non-hydrogen) atoms. The quantitative estimate of drug-likeness (QED) is 0.654. The van der Waals surface area contributed by atoms with E-state index >= 15 is 0 Å². The van der Waals surface area contributed by atoms with Crippen LogP contribution in [0.15, 0.2) is 60.8 Å². The Morgan fingerprint density at radius 1 is 1.07 bits per heavy atom. The first-order valence-corrected chi connectivity index (χ1v) is 10.1. The number of benzene rings is 2. The van der Waals surface area contributed by atoms with Gasteiger partial charge in [-0.2, -0.15) is 0 Å². The highest BCUT2D eigenvalue weighted by atomic mass is 16.5. The van der Waals surface area contributed by atoms with Crippen LogP contribution >= 0.6 is 0 Å². The molecule has 1 N–H and O–H groups in total. The van der Waals surface area contributed by atoms with Crippen molar-refractivity contribution in [1.29, 1.82) is 0 Å². The first kappa shape index (κ1) is 20.0. The van der Waals surface area contributed by atoms with E-state index in [9.17, 15) is 4.79 Å². The second-order valence-electron chi connectivity index (χ2n) is 7.49. The maximum Gasteiger partial charge on any atom is 0.289 e. The highest BCUT2D eigenvalue weighted by molar-refractivity contribution is 5.90. The number of aromatic nitrogens is 2. The van der Waals surface area contributed by atoms with Crippen molar-refractivity contribution in [2.24, 2.45) is 0 Å². The molecule has 2 aromatic carbocycles. The Balaban J connectivity index is 1.45. The lowest BCUT2D eigenvalue weighted by Crippen LogP contribution is -2.47. The second kappa shape index (κ2) is 8.63. The molecule has 0 bridgehead atoms. The SMILES string of the molecule is CCNC(=O)c1nccc(COc2ccc(C3(c4ccc(C)cc4)COC3)cc2)n1. The maximum absolute atomic E-state index is 11.9. The van der Waals surface area contributed by atoms with Gasteiger partial charge in [0.1, 0.15) is 12.4 Å². The fourth-order valence-corrected chi connectivity index (χ4v) is 3.53. The van der Waals surface area contributed by atoms with Crippen LogP contribution in [-0.4, -0.2) is 35.6 Å². The molecule has 4 rings (SSSR count). The number of aryl methyl sites for hydroxylation is 1. The Morgan fingerprint density at radius 3 is 2.33 bits per heavy atom. The molecule has 1 aliphatic heterocycles. The van der Waals surface area contributed by atoms with E-state index in [1.165, 1.54) is 16.7 Å². The summed E-state index contributed by atoms with van der Waals surface area (Å²) in [5.74, 6) is 0.613. The molecule has 1 aliphatic rings. The number of carbonyl (C=O) groups excluding carboxylic acids is 1. The number of nitrogens with one attached hydrogen (secondary N) is 1. The molecule has 1 amide bonds. The number of amides is 1. The first-order valence-electron chi connectivity index (χ1n) is 10.1. The van der Waals surface area contributed by atoms with E-state index in [0.717, 1.165) is 5.75 Å². The van der Waals surface area contributed by atoms with Crippen LogP contribution in [0.1, 0.15) is 39.9 Å². The Labute approximate surface area is 176 Å². The van der Waals surface area contributed by atoms with Gasteiger partial charge in [0.25, 0.3) is 5.91 Å². The Hall–Kier alpha value is -3.25. The third kappa shape index (κ3) is 4.04. The van der Waals surface area contributed by atoms with Gasteiger partial charge in [0, 0.05) is 12.7 Å². The monoisotopic (exact) mass is 403 g/mol. The molecule has 154 valence electrons. The lowest BCUT2D eigenvalue weighted by atomic mass is 9.73. The number of hydrogen-bond acceptors (Lipinski definition) is 5. The molecule has 6 nitrogen and oxygen atoms in total. The lowest BCUT2D eigenvalue weighted by molar-refractivity contribution is -0.0380. The van der Waals surface area contributed by atoms with Crippen LogP contribution in [0, 0.1) is 6.92 Å². The lowest BCUT2D eigenvalue weighted by Gasteiger charge is -2.42. The van der Waals surface area contributed by atoms with Gasteiger partial charge in [0.05, 0.1) is 24.3 Å². The van der Waals surface area contributed by atoms with Gasteiger partial charge < -0.3 is 14.8 Å². The molecule has 1 saturated heterocycles. The van der Waals surface area contributed by atoms with Crippen molar-refractivity contribution < 1.29 is 14.3 Å². The van der Waals surface area contributed by atoms with Crippen LogP contribution in [0.4, 0.5) is 0 Å². The average Bonchev–Trinajstić information content (AvgIpc) is 2.74. The van der Waals surface area contributed by atoms with Crippen LogP contribution in [0.25, 0.3) is 0 Å². The molecular weight excluding hydrogens is 378 g/mol. The van der Waals surface area contributed by atoms with Crippen molar-refractivity contribution in [3.63, 3.8) is 0 Å². The largest absolute Gasteiger partial charge is 0.487 e. The van der Waals surface area contributed by atoms with E-state index in [1.807, 2.05) is 19.1 Å². The van der Waals surface area contributed by atoms with E-state index in [1.54, 1.807) is 12.3 Å². The van der Waals surface area contributed by atoms with E-state index in [-0.39, 0.29) is 23.8 Å². The van der Waals surface area contributed by atoms with Gasteiger partial charge in [0.15, 0.2) is 0 Å². The summed E-state index contributed by atoms with van der Waals surface area (Å²) in [6, 6.07) is 18.5. The minimum atomic E-state index is -0.284. The summed E-state index contributed by atoms with van der Waals surface area (Å²) in [4.78, 5) is 20.2. The number of hydrogen-bond donors (Lipinski definition) is 1. The van der Waals surface area contributed by atoms with E-state index < -0.39 is 0 Å². The van der Waals surface area contributed by atoms with Gasteiger partial charge in [-0.1, -0.05) is 42.0 Å². The minimum absolute atomic E-state index is 0.0968. The summed E-state index contributed by atoms with van der Waals surface area (Å²) in [6.07, 6.45) is 1.57. The van der Waals surface area contributed by atoms with Crippen molar-refractivity contribution in [2.75, 3.05) is 19.8 Å². The van der Waals surface area contributed by atoms with Crippen molar-refractivity contribution in [2.45, 2.75) is 25.9 Å². The predicted octanol–water partition coefficient (Wildman–Crippen LogP) is 3.43. The topological polar surface area (TPSA) is 73.3 Å². The summed E-state index contributed by atoms with van der Waals surface area (Å²) in [5.41, 5.74) is 4.29. The standard InChI is InChI=1S/C24H25N3O3/c1-3-25-23(28)22-26-13-12-20(27-22)14-30-21-10-8-19(9-11-21)24(15-29-16-24)18-6-4-17(2)5-7-18/h4-13H,3,14-16H2,1-2H3,(H,25,28). The molecule has 0 unspecified atom stereocenters. The van der Waals surface area contributed by atoms with Crippen molar-refractivity contribution in [3.05, 3.63) is 89.0 Å². The minimum Gasteiger partial charge on any atom is -0.487 e. The van der Waals surface area contributed by atoms with Gasteiger partial charge in [-0.3, -0.25) is 4.79 Å². The van der Waals surface area contributed by atoms with Crippen LogP contribution in [0.3, 0.4) is 0 Å².